The molecule has 2 heterocycles. The summed E-state index contributed by atoms with van der Waals surface area (Å²) < 4.78 is 32.9. The predicted molar refractivity (Wildman–Crippen MR) is 68.4 cm³/mol. The van der Waals surface area contributed by atoms with Crippen molar-refractivity contribution < 1.29 is 18.0 Å². The molecule has 2 rings (SSSR count). The van der Waals surface area contributed by atoms with Gasteiger partial charge in [-0.15, -0.1) is 0 Å². The Kier molecular flexibility index (Phi) is 4.56. The maximum Gasteiger partial charge on any atom is 0.279 e. The van der Waals surface area contributed by atoms with Crippen LogP contribution in [0.4, 0.5) is 0 Å². The third-order valence-corrected chi connectivity index (χ3v) is 4.84. The summed E-state index contributed by atoms with van der Waals surface area (Å²) in [6.45, 7) is 2.89. The van der Waals surface area contributed by atoms with Crippen molar-refractivity contribution in [3.05, 3.63) is 17.5 Å². The van der Waals surface area contributed by atoms with E-state index in [9.17, 15) is 8.42 Å². The second kappa shape index (κ2) is 6.00. The first kappa shape index (κ1) is 14.4. The summed E-state index contributed by atoms with van der Waals surface area (Å²) in [6, 6.07) is 1.69. The van der Waals surface area contributed by atoms with Gasteiger partial charge in [-0.25, -0.2) is 0 Å². The van der Waals surface area contributed by atoms with E-state index in [1.807, 2.05) is 0 Å². The topological polar surface area (TPSA) is 95.7 Å². The Labute approximate surface area is 112 Å². The molecule has 0 amide bonds. The fraction of sp³-hybridized carbons (Fsp3) is 0.727. The van der Waals surface area contributed by atoms with Gasteiger partial charge < -0.3 is 9.63 Å². The highest BCUT2D eigenvalue weighted by Gasteiger charge is 2.27. The summed E-state index contributed by atoms with van der Waals surface area (Å²) in [5.41, 5.74) is 0.561. The molecular weight excluding hydrogens is 270 g/mol. The van der Waals surface area contributed by atoms with Crippen molar-refractivity contribution in [3.63, 3.8) is 0 Å². The van der Waals surface area contributed by atoms with Gasteiger partial charge in [0, 0.05) is 25.8 Å². The lowest BCUT2D eigenvalue weighted by Gasteiger charge is -2.30. The summed E-state index contributed by atoms with van der Waals surface area (Å²) in [5.74, 6) is 0.864. The molecule has 1 fully saturated rings. The number of hydrogen-bond acceptors (Lipinski definition) is 5. The highest BCUT2D eigenvalue weighted by atomic mass is 32.2. The van der Waals surface area contributed by atoms with E-state index < -0.39 is 10.2 Å². The molecule has 1 aliphatic heterocycles. The van der Waals surface area contributed by atoms with Crippen molar-refractivity contribution in [3.8, 4) is 0 Å². The lowest BCUT2D eigenvalue weighted by molar-refractivity contribution is 0.169. The van der Waals surface area contributed by atoms with Gasteiger partial charge in [-0.05, 0) is 25.7 Å². The van der Waals surface area contributed by atoms with Crippen LogP contribution in [0.25, 0.3) is 0 Å². The Balaban J connectivity index is 1.88. The van der Waals surface area contributed by atoms with E-state index in [4.69, 9.17) is 9.63 Å². The standard InChI is InChI=1S/C11H19N3O4S/c1-9-6-11(13-18-9)7-12-19(16,17)14-4-2-10(8-15)3-5-14/h6,10,12,15H,2-5,7-8H2,1H3. The Morgan fingerprint density at radius 2 is 2.21 bits per heavy atom. The highest BCUT2D eigenvalue weighted by molar-refractivity contribution is 7.87. The summed E-state index contributed by atoms with van der Waals surface area (Å²) in [6.07, 6.45) is 1.39. The van der Waals surface area contributed by atoms with Gasteiger partial charge in [-0.1, -0.05) is 5.16 Å². The van der Waals surface area contributed by atoms with Gasteiger partial charge in [-0.3, -0.25) is 0 Å². The predicted octanol–water partition coefficient (Wildman–Crippen LogP) is 0.0217. The molecule has 1 aromatic rings. The molecule has 0 aromatic carbocycles. The van der Waals surface area contributed by atoms with Crippen LogP contribution in [0.15, 0.2) is 10.6 Å². The molecule has 0 aliphatic carbocycles. The molecule has 0 bridgehead atoms. The van der Waals surface area contributed by atoms with E-state index >= 15 is 0 Å². The number of piperidine rings is 1. The van der Waals surface area contributed by atoms with Gasteiger partial charge >= 0.3 is 0 Å². The Morgan fingerprint density at radius 1 is 1.53 bits per heavy atom. The van der Waals surface area contributed by atoms with Crippen LogP contribution in [0, 0.1) is 12.8 Å². The van der Waals surface area contributed by atoms with Gasteiger partial charge in [-0.2, -0.15) is 17.4 Å². The Hall–Kier alpha value is -0.960. The molecule has 1 saturated heterocycles. The zero-order chi connectivity index (χ0) is 13.9. The number of aromatic nitrogens is 1. The van der Waals surface area contributed by atoms with Crippen LogP contribution < -0.4 is 4.72 Å². The molecular formula is C11H19N3O4S. The second-order valence-corrected chi connectivity index (χ2v) is 6.54. The summed E-state index contributed by atoms with van der Waals surface area (Å²) in [7, 11) is -3.48. The van der Waals surface area contributed by atoms with Crippen molar-refractivity contribution in [1.82, 2.24) is 14.2 Å². The average Bonchev–Trinajstić information content (AvgIpc) is 2.82. The summed E-state index contributed by atoms with van der Waals surface area (Å²) >= 11 is 0. The minimum atomic E-state index is -3.48. The Morgan fingerprint density at radius 3 is 2.74 bits per heavy atom. The minimum absolute atomic E-state index is 0.125. The average molecular weight is 289 g/mol. The monoisotopic (exact) mass is 289 g/mol. The number of aryl methyl sites for hydroxylation is 1. The third kappa shape index (κ3) is 3.75. The van der Waals surface area contributed by atoms with Crippen molar-refractivity contribution in [1.29, 1.82) is 0 Å². The number of hydrogen-bond donors (Lipinski definition) is 2. The summed E-state index contributed by atoms with van der Waals surface area (Å²) in [4.78, 5) is 0. The molecule has 8 heteroatoms. The van der Waals surface area contributed by atoms with Crippen LogP contribution >= 0.6 is 0 Å². The van der Waals surface area contributed by atoms with Crippen molar-refractivity contribution in [2.45, 2.75) is 26.3 Å². The largest absolute Gasteiger partial charge is 0.396 e. The first-order valence-electron chi connectivity index (χ1n) is 6.29. The molecule has 0 saturated carbocycles. The first-order chi connectivity index (χ1) is 9.01. The van der Waals surface area contributed by atoms with Crippen molar-refractivity contribution in [2.75, 3.05) is 19.7 Å². The molecule has 1 aromatic heterocycles. The molecule has 0 unspecified atom stereocenters. The lowest BCUT2D eigenvalue weighted by atomic mass is 10.00. The van der Waals surface area contributed by atoms with E-state index in [-0.39, 0.29) is 19.1 Å². The van der Waals surface area contributed by atoms with Crippen LogP contribution in [0.3, 0.4) is 0 Å². The smallest absolute Gasteiger partial charge is 0.279 e. The van der Waals surface area contributed by atoms with Crippen molar-refractivity contribution in [2.24, 2.45) is 5.92 Å². The first-order valence-corrected chi connectivity index (χ1v) is 7.73. The minimum Gasteiger partial charge on any atom is -0.396 e. The van der Waals surface area contributed by atoms with Gasteiger partial charge in [0.25, 0.3) is 10.2 Å². The molecule has 2 N–H and O–H groups in total. The fourth-order valence-corrected chi connectivity index (χ4v) is 3.29. The number of aliphatic hydroxyl groups is 1. The second-order valence-electron chi connectivity index (χ2n) is 4.78. The van der Waals surface area contributed by atoms with Crippen LogP contribution in [-0.4, -0.2) is 42.7 Å². The van der Waals surface area contributed by atoms with Gasteiger partial charge in [0.15, 0.2) is 0 Å². The van der Waals surface area contributed by atoms with Crippen molar-refractivity contribution >= 4 is 10.2 Å². The maximum absolute atomic E-state index is 12.1. The van der Waals surface area contributed by atoms with Gasteiger partial charge in [0.05, 0.1) is 12.2 Å². The zero-order valence-electron chi connectivity index (χ0n) is 10.9. The van der Waals surface area contributed by atoms with Crippen LogP contribution in [0.1, 0.15) is 24.3 Å². The molecule has 0 atom stereocenters. The van der Waals surface area contributed by atoms with Gasteiger partial charge in [0.2, 0.25) is 0 Å². The lowest BCUT2D eigenvalue weighted by Crippen LogP contribution is -2.45. The van der Waals surface area contributed by atoms with Gasteiger partial charge in [0.1, 0.15) is 5.76 Å². The third-order valence-electron chi connectivity index (χ3n) is 3.28. The highest BCUT2D eigenvalue weighted by Crippen LogP contribution is 2.18. The molecule has 7 nitrogen and oxygen atoms in total. The number of nitrogens with one attached hydrogen (secondary N) is 1. The summed E-state index contributed by atoms with van der Waals surface area (Å²) in [5, 5.41) is 12.8. The fourth-order valence-electron chi connectivity index (χ4n) is 2.09. The van der Waals surface area contributed by atoms with Crippen LogP contribution in [-0.2, 0) is 16.8 Å². The van der Waals surface area contributed by atoms with Crippen LogP contribution in [0.5, 0.6) is 0 Å². The quantitative estimate of drug-likeness (QED) is 0.797. The molecule has 1 aliphatic rings. The maximum atomic E-state index is 12.1. The molecule has 108 valence electrons. The molecule has 0 spiro atoms. The number of aliphatic hydroxyl groups excluding tert-OH is 1. The number of nitrogens with zero attached hydrogens (tertiary/aromatic N) is 2. The zero-order valence-corrected chi connectivity index (χ0v) is 11.7. The van der Waals surface area contributed by atoms with Crippen LogP contribution in [0.2, 0.25) is 0 Å². The van der Waals surface area contributed by atoms with E-state index in [0.29, 0.717) is 37.4 Å². The SMILES string of the molecule is Cc1cc(CNS(=O)(=O)N2CCC(CO)CC2)no1. The molecule has 0 radical (unpaired) electrons. The van der Waals surface area contributed by atoms with E-state index in [1.165, 1.54) is 4.31 Å². The Bertz CT molecular complexity index is 506. The van der Waals surface area contributed by atoms with E-state index in [0.717, 1.165) is 0 Å². The molecule has 19 heavy (non-hydrogen) atoms. The normalized spacial score (nSPS) is 18.8. The van der Waals surface area contributed by atoms with E-state index in [2.05, 4.69) is 9.88 Å². The van der Waals surface area contributed by atoms with E-state index in [1.54, 1.807) is 13.0 Å². The number of rotatable bonds is 5.